The summed E-state index contributed by atoms with van der Waals surface area (Å²) in [5.74, 6) is 0.720. The Hall–Kier alpha value is -2.64. The summed E-state index contributed by atoms with van der Waals surface area (Å²) in [4.78, 5) is 18.5. The summed E-state index contributed by atoms with van der Waals surface area (Å²) in [6.45, 7) is 3.87. The Morgan fingerprint density at radius 2 is 1.89 bits per heavy atom. The molecule has 1 aromatic carbocycles. The number of H-pyrrole nitrogens is 1. The van der Waals surface area contributed by atoms with Gasteiger partial charge in [-0.1, -0.05) is 23.7 Å². The lowest BCUT2D eigenvalue weighted by Crippen LogP contribution is -2.29. The number of amides is 1. The van der Waals surface area contributed by atoms with Gasteiger partial charge in [0.1, 0.15) is 11.9 Å². The number of nitrogens with zero attached hydrogens (tertiary/aromatic N) is 4. The molecular formula is C20H15BrClN5O. The van der Waals surface area contributed by atoms with Gasteiger partial charge in [-0.25, -0.2) is 0 Å². The highest BCUT2D eigenvalue weighted by atomic mass is 79.9. The van der Waals surface area contributed by atoms with Crippen LogP contribution in [0.4, 0.5) is 5.69 Å². The summed E-state index contributed by atoms with van der Waals surface area (Å²) < 4.78 is 2.70. The van der Waals surface area contributed by atoms with Crippen LogP contribution >= 0.6 is 27.5 Å². The number of hydrogen-bond acceptors (Lipinski definition) is 3. The molecule has 4 aromatic rings. The van der Waals surface area contributed by atoms with Gasteiger partial charge >= 0.3 is 0 Å². The molecule has 1 atom stereocenters. The third-order valence-electron chi connectivity index (χ3n) is 5.10. The smallest absolute Gasteiger partial charge is 0.261 e. The standard InChI is InChI=1S/C20H15BrClN5O/c1-10-7-14(9-26-11(2)24-25-19(10)26)27-18(12-3-5-13(22)6-4-12)17-15(20(27)28)8-16(21)23-17/h3-9,18,23H,1-2H3. The van der Waals surface area contributed by atoms with Crippen molar-refractivity contribution in [2.24, 2.45) is 0 Å². The van der Waals surface area contributed by atoms with E-state index in [9.17, 15) is 4.79 Å². The van der Waals surface area contributed by atoms with Crippen molar-refractivity contribution in [3.63, 3.8) is 0 Å². The predicted molar refractivity (Wildman–Crippen MR) is 111 cm³/mol. The highest BCUT2D eigenvalue weighted by molar-refractivity contribution is 9.10. The maximum absolute atomic E-state index is 13.4. The monoisotopic (exact) mass is 455 g/mol. The largest absolute Gasteiger partial charge is 0.350 e. The Morgan fingerprint density at radius 3 is 2.64 bits per heavy atom. The van der Waals surface area contributed by atoms with E-state index in [1.165, 1.54) is 0 Å². The van der Waals surface area contributed by atoms with Gasteiger partial charge in [-0.2, -0.15) is 0 Å². The third kappa shape index (κ3) is 2.50. The molecule has 5 rings (SSSR count). The highest BCUT2D eigenvalue weighted by Crippen LogP contribution is 2.42. The number of aromatic nitrogens is 4. The zero-order valence-electron chi connectivity index (χ0n) is 15.1. The molecule has 1 aliphatic rings. The summed E-state index contributed by atoms with van der Waals surface area (Å²) in [5, 5.41) is 9.03. The number of anilines is 1. The summed E-state index contributed by atoms with van der Waals surface area (Å²) in [5.41, 5.74) is 5.03. The predicted octanol–water partition coefficient (Wildman–Crippen LogP) is 4.84. The Bertz CT molecular complexity index is 1240. The van der Waals surface area contributed by atoms with Crippen LogP contribution in [-0.2, 0) is 0 Å². The van der Waals surface area contributed by atoms with Crippen LogP contribution in [0.5, 0.6) is 0 Å². The van der Waals surface area contributed by atoms with Crippen molar-refractivity contribution in [3.05, 3.63) is 80.4 Å². The minimum absolute atomic E-state index is 0.0543. The number of fused-ring (bicyclic) bond motifs is 2. The van der Waals surface area contributed by atoms with E-state index in [1.54, 1.807) is 0 Å². The van der Waals surface area contributed by atoms with Crippen LogP contribution in [-0.4, -0.2) is 25.5 Å². The Kier molecular flexibility index (Phi) is 3.86. The molecule has 0 radical (unpaired) electrons. The Balaban J connectivity index is 1.73. The second-order valence-corrected chi connectivity index (χ2v) is 8.19. The van der Waals surface area contributed by atoms with E-state index in [2.05, 4.69) is 31.1 Å². The molecule has 0 aliphatic carbocycles. The van der Waals surface area contributed by atoms with Crippen LogP contribution in [0.3, 0.4) is 0 Å². The number of aryl methyl sites for hydroxylation is 2. The van der Waals surface area contributed by atoms with Crippen molar-refractivity contribution in [2.45, 2.75) is 19.9 Å². The van der Waals surface area contributed by atoms with Crippen molar-refractivity contribution in [1.29, 1.82) is 0 Å². The molecule has 140 valence electrons. The third-order valence-corrected chi connectivity index (χ3v) is 5.78. The normalized spacial score (nSPS) is 16.2. The second-order valence-electron chi connectivity index (χ2n) is 6.90. The van der Waals surface area contributed by atoms with Crippen LogP contribution in [0.25, 0.3) is 5.65 Å². The average Bonchev–Trinajstić information content (AvgIpc) is 3.30. The number of carbonyl (C=O) groups excluding carboxylic acids is 1. The van der Waals surface area contributed by atoms with Crippen molar-refractivity contribution < 1.29 is 4.79 Å². The zero-order valence-corrected chi connectivity index (χ0v) is 17.4. The first-order valence-electron chi connectivity index (χ1n) is 8.73. The van der Waals surface area contributed by atoms with Gasteiger partial charge in [-0.05, 0) is 65.2 Å². The fourth-order valence-corrected chi connectivity index (χ4v) is 4.38. The first kappa shape index (κ1) is 17.5. The van der Waals surface area contributed by atoms with E-state index in [0.29, 0.717) is 10.6 Å². The molecule has 1 N–H and O–H groups in total. The van der Waals surface area contributed by atoms with Crippen molar-refractivity contribution >= 4 is 44.8 Å². The second kappa shape index (κ2) is 6.18. The molecule has 0 fully saturated rings. The Morgan fingerprint density at radius 1 is 1.14 bits per heavy atom. The number of rotatable bonds is 2. The molecule has 8 heteroatoms. The van der Waals surface area contributed by atoms with E-state index in [0.717, 1.165) is 38.6 Å². The molecule has 1 aliphatic heterocycles. The fraction of sp³-hybridized carbons (Fsp3) is 0.150. The summed E-state index contributed by atoms with van der Waals surface area (Å²) >= 11 is 9.54. The van der Waals surface area contributed by atoms with Crippen molar-refractivity contribution in [1.82, 2.24) is 19.6 Å². The number of aromatic amines is 1. The minimum atomic E-state index is -0.278. The quantitative estimate of drug-likeness (QED) is 0.469. The van der Waals surface area contributed by atoms with Crippen LogP contribution < -0.4 is 4.90 Å². The van der Waals surface area contributed by atoms with E-state index in [4.69, 9.17) is 11.6 Å². The van der Waals surface area contributed by atoms with Crippen LogP contribution in [0, 0.1) is 13.8 Å². The summed E-state index contributed by atoms with van der Waals surface area (Å²) in [6, 6.07) is 11.1. The molecule has 3 aromatic heterocycles. The lowest BCUT2D eigenvalue weighted by molar-refractivity contribution is 0.0993. The van der Waals surface area contributed by atoms with Crippen LogP contribution in [0.2, 0.25) is 5.02 Å². The first-order chi connectivity index (χ1) is 13.4. The van der Waals surface area contributed by atoms with Crippen molar-refractivity contribution in [3.8, 4) is 0 Å². The maximum Gasteiger partial charge on any atom is 0.261 e. The van der Waals surface area contributed by atoms with Crippen LogP contribution in [0.1, 0.15) is 39.0 Å². The maximum atomic E-state index is 13.4. The first-order valence-corrected chi connectivity index (χ1v) is 9.90. The lowest BCUT2D eigenvalue weighted by atomic mass is 10.0. The molecule has 6 nitrogen and oxygen atoms in total. The molecule has 0 saturated heterocycles. The van der Waals surface area contributed by atoms with Gasteiger partial charge < -0.3 is 4.98 Å². The van der Waals surface area contributed by atoms with Gasteiger partial charge in [0.15, 0.2) is 5.65 Å². The van der Waals surface area contributed by atoms with Gasteiger partial charge in [0.05, 0.1) is 21.5 Å². The molecule has 4 heterocycles. The van der Waals surface area contributed by atoms with Gasteiger partial charge in [0, 0.05) is 11.2 Å². The van der Waals surface area contributed by atoms with Crippen LogP contribution in [0.15, 0.2) is 47.2 Å². The molecular weight excluding hydrogens is 442 g/mol. The zero-order chi connectivity index (χ0) is 19.6. The average molecular weight is 457 g/mol. The summed E-state index contributed by atoms with van der Waals surface area (Å²) in [7, 11) is 0. The molecule has 1 amide bonds. The Labute approximate surface area is 174 Å². The topological polar surface area (TPSA) is 66.3 Å². The van der Waals surface area contributed by atoms with E-state index >= 15 is 0 Å². The number of halogens is 2. The van der Waals surface area contributed by atoms with E-state index in [-0.39, 0.29) is 11.9 Å². The summed E-state index contributed by atoms with van der Waals surface area (Å²) in [6.07, 6.45) is 1.92. The van der Waals surface area contributed by atoms with E-state index < -0.39 is 0 Å². The number of carbonyl (C=O) groups is 1. The lowest BCUT2D eigenvalue weighted by Gasteiger charge is -2.26. The number of nitrogens with one attached hydrogen (secondary N) is 1. The highest BCUT2D eigenvalue weighted by Gasteiger charge is 2.40. The van der Waals surface area contributed by atoms with Gasteiger partial charge in [-0.15, -0.1) is 10.2 Å². The number of pyridine rings is 1. The SMILES string of the molecule is Cc1cc(N2C(=O)c3cc(Br)[nH]c3C2c2ccc(Cl)cc2)cn2c(C)nnc12. The molecule has 0 saturated carbocycles. The number of benzene rings is 1. The molecule has 28 heavy (non-hydrogen) atoms. The molecule has 0 spiro atoms. The molecule has 0 bridgehead atoms. The fourth-order valence-electron chi connectivity index (χ4n) is 3.81. The van der Waals surface area contributed by atoms with Gasteiger partial charge in [0.25, 0.3) is 5.91 Å². The van der Waals surface area contributed by atoms with Crippen molar-refractivity contribution in [2.75, 3.05) is 4.90 Å². The minimum Gasteiger partial charge on any atom is -0.350 e. The van der Waals surface area contributed by atoms with E-state index in [1.807, 2.05) is 65.7 Å². The van der Waals surface area contributed by atoms with Gasteiger partial charge in [-0.3, -0.25) is 14.1 Å². The number of hydrogen-bond donors (Lipinski definition) is 1. The molecule has 1 unspecified atom stereocenters. The van der Waals surface area contributed by atoms with Gasteiger partial charge in [0.2, 0.25) is 0 Å².